The molecule has 1 saturated heterocycles. The van der Waals surface area contributed by atoms with Gasteiger partial charge in [0.15, 0.2) is 0 Å². The van der Waals surface area contributed by atoms with Gasteiger partial charge in [0.2, 0.25) is 10.3 Å². The molecule has 1 unspecified atom stereocenters. The standard InChI is InChI=1S/C13H17BN2O4S/c1-12(2)13(3,4)20-14(19-12)9-8-6-5-7-15-10(8)16-11(9)21(17)18/h5-7,9H,1-4H3,(H,15,16). The summed E-state index contributed by atoms with van der Waals surface area (Å²) in [5.74, 6) is 0.0181. The molecule has 2 aliphatic heterocycles. The molecule has 1 fully saturated rings. The van der Waals surface area contributed by atoms with Gasteiger partial charge in [-0.25, -0.2) is 4.98 Å². The van der Waals surface area contributed by atoms with Crippen molar-refractivity contribution < 1.29 is 17.7 Å². The lowest BCUT2D eigenvalue weighted by Crippen LogP contribution is -2.41. The molecule has 6 nitrogen and oxygen atoms in total. The van der Waals surface area contributed by atoms with E-state index >= 15 is 0 Å². The molecule has 0 spiro atoms. The van der Waals surface area contributed by atoms with Crippen LogP contribution in [0.5, 0.6) is 0 Å². The zero-order valence-electron chi connectivity index (χ0n) is 12.4. The first kappa shape index (κ1) is 14.6. The minimum Gasteiger partial charge on any atom is -0.403 e. The Balaban J connectivity index is 2.07. The van der Waals surface area contributed by atoms with Crippen LogP contribution in [-0.2, 0) is 19.6 Å². The van der Waals surface area contributed by atoms with Crippen molar-refractivity contribution in [2.75, 3.05) is 5.32 Å². The van der Waals surface area contributed by atoms with Gasteiger partial charge in [-0.1, -0.05) is 6.07 Å². The molecule has 1 atom stereocenters. The number of hydrogen-bond acceptors (Lipinski definition) is 5. The largest absolute Gasteiger partial charge is 0.473 e. The van der Waals surface area contributed by atoms with Gasteiger partial charge >= 0.3 is 7.12 Å². The second-order valence-electron chi connectivity index (χ2n) is 6.27. The van der Waals surface area contributed by atoms with Crippen molar-refractivity contribution in [2.24, 2.45) is 0 Å². The van der Waals surface area contributed by atoms with Crippen LogP contribution in [0.4, 0.5) is 5.82 Å². The Morgan fingerprint density at radius 2 is 1.86 bits per heavy atom. The zero-order valence-corrected chi connectivity index (χ0v) is 13.2. The zero-order chi connectivity index (χ0) is 15.4. The van der Waals surface area contributed by atoms with Crippen LogP contribution in [-0.4, -0.2) is 36.7 Å². The fourth-order valence-electron chi connectivity index (χ4n) is 2.55. The van der Waals surface area contributed by atoms with Crippen LogP contribution in [0.15, 0.2) is 18.3 Å². The fourth-order valence-corrected chi connectivity index (χ4v) is 3.17. The monoisotopic (exact) mass is 308 g/mol. The van der Waals surface area contributed by atoms with E-state index in [0.717, 1.165) is 5.56 Å². The van der Waals surface area contributed by atoms with Gasteiger partial charge < -0.3 is 14.6 Å². The van der Waals surface area contributed by atoms with Gasteiger partial charge in [-0.05, 0) is 33.8 Å². The van der Waals surface area contributed by atoms with E-state index < -0.39 is 34.4 Å². The van der Waals surface area contributed by atoms with E-state index in [9.17, 15) is 8.42 Å². The number of rotatable bonds is 1. The van der Waals surface area contributed by atoms with Gasteiger partial charge in [-0.3, -0.25) is 0 Å². The lowest BCUT2D eigenvalue weighted by molar-refractivity contribution is 0.00578. The van der Waals surface area contributed by atoms with E-state index in [1.54, 1.807) is 12.3 Å². The number of hydrogen-bond donors (Lipinski definition) is 1. The van der Waals surface area contributed by atoms with Crippen molar-refractivity contribution in [1.82, 2.24) is 4.98 Å². The Kier molecular flexibility index (Phi) is 3.16. The molecule has 0 saturated carbocycles. The van der Waals surface area contributed by atoms with Crippen molar-refractivity contribution in [3.8, 4) is 0 Å². The Morgan fingerprint density at radius 3 is 2.43 bits per heavy atom. The summed E-state index contributed by atoms with van der Waals surface area (Å²) in [6, 6.07) is 3.61. The third-order valence-corrected chi connectivity index (χ3v) is 5.14. The molecule has 21 heavy (non-hydrogen) atoms. The number of aromatic nitrogens is 1. The van der Waals surface area contributed by atoms with Crippen molar-refractivity contribution in [3.05, 3.63) is 23.9 Å². The maximum Gasteiger partial charge on any atom is 0.473 e. The molecule has 1 aromatic heterocycles. The van der Waals surface area contributed by atoms with Crippen LogP contribution in [0.2, 0.25) is 0 Å². The van der Waals surface area contributed by atoms with Gasteiger partial charge in [0.25, 0.3) is 0 Å². The average Bonchev–Trinajstić information content (AvgIpc) is 2.85. The maximum atomic E-state index is 11.5. The summed E-state index contributed by atoms with van der Waals surface area (Å²) in [6.07, 6.45) is 1.61. The van der Waals surface area contributed by atoms with Crippen LogP contribution in [0, 0.1) is 0 Å². The summed E-state index contributed by atoms with van der Waals surface area (Å²) in [5.41, 5.74) is -0.258. The molecule has 0 amide bonds. The van der Waals surface area contributed by atoms with Crippen LogP contribution in [0.1, 0.15) is 39.1 Å². The van der Waals surface area contributed by atoms with Crippen LogP contribution < -0.4 is 5.32 Å². The van der Waals surface area contributed by atoms with E-state index in [0.29, 0.717) is 5.82 Å². The molecule has 1 N–H and O–H groups in total. The summed E-state index contributed by atoms with van der Waals surface area (Å²) in [4.78, 5) is 4.31. The third kappa shape index (κ3) is 2.18. The second-order valence-corrected chi connectivity index (χ2v) is 7.18. The van der Waals surface area contributed by atoms with Gasteiger partial charge in [-0.15, -0.1) is 0 Å². The quantitative estimate of drug-likeness (QED) is 0.621. The molecule has 2 aliphatic rings. The Labute approximate surface area is 125 Å². The minimum absolute atomic E-state index is 0.141. The Hall–Kier alpha value is -1.38. The summed E-state index contributed by atoms with van der Waals surface area (Å²) < 4.78 is 35.0. The van der Waals surface area contributed by atoms with Crippen molar-refractivity contribution in [3.63, 3.8) is 0 Å². The third-order valence-electron chi connectivity index (χ3n) is 4.42. The normalized spacial score (nSPS) is 25.6. The number of nitrogens with zero attached hydrogens (tertiary/aromatic N) is 1. The van der Waals surface area contributed by atoms with Crippen molar-refractivity contribution in [1.29, 1.82) is 0 Å². The van der Waals surface area contributed by atoms with Crippen LogP contribution >= 0.6 is 0 Å². The highest BCUT2D eigenvalue weighted by molar-refractivity contribution is 7.73. The summed E-state index contributed by atoms with van der Waals surface area (Å²) >= 11 is 0. The number of pyridine rings is 1. The first-order chi connectivity index (χ1) is 9.73. The summed E-state index contributed by atoms with van der Waals surface area (Å²) in [6.45, 7) is 7.75. The molecule has 112 valence electrons. The molecular weight excluding hydrogens is 291 g/mol. The second kappa shape index (κ2) is 4.56. The van der Waals surface area contributed by atoms with Crippen molar-refractivity contribution >= 4 is 28.2 Å². The van der Waals surface area contributed by atoms with Crippen LogP contribution in [0.3, 0.4) is 0 Å². The lowest BCUT2D eigenvalue weighted by atomic mass is 9.69. The predicted molar refractivity (Wildman–Crippen MR) is 80.6 cm³/mol. The topological polar surface area (TPSA) is 77.5 Å². The molecule has 0 radical (unpaired) electrons. The van der Waals surface area contributed by atoms with Gasteiger partial charge in [0, 0.05) is 11.8 Å². The molecule has 0 aliphatic carbocycles. The highest BCUT2D eigenvalue weighted by Crippen LogP contribution is 2.43. The molecule has 1 aromatic rings. The fraction of sp³-hybridized carbons (Fsp3) is 0.538. The van der Waals surface area contributed by atoms with Gasteiger partial charge in [-0.2, -0.15) is 8.42 Å². The lowest BCUT2D eigenvalue weighted by Gasteiger charge is -2.32. The van der Waals surface area contributed by atoms with Gasteiger partial charge in [0.1, 0.15) is 10.8 Å². The maximum absolute atomic E-state index is 11.5. The molecule has 3 rings (SSSR count). The Morgan fingerprint density at radius 1 is 1.24 bits per heavy atom. The molecule has 8 heteroatoms. The van der Waals surface area contributed by atoms with Gasteiger partial charge in [0.05, 0.1) is 17.0 Å². The Bertz CT molecular complexity index is 705. The van der Waals surface area contributed by atoms with Crippen molar-refractivity contribution in [2.45, 2.75) is 44.7 Å². The van der Waals surface area contributed by atoms with E-state index in [4.69, 9.17) is 9.31 Å². The summed E-state index contributed by atoms with van der Waals surface area (Å²) in [7, 11) is -3.05. The van der Waals surface area contributed by atoms with Crippen LogP contribution in [0.25, 0.3) is 0 Å². The average molecular weight is 308 g/mol. The molecular formula is C13H17BN2O4S. The number of fused-ring (bicyclic) bond motifs is 1. The highest BCUT2D eigenvalue weighted by Gasteiger charge is 2.57. The SMILES string of the molecule is CC1(C)OB(C2C(=S(=O)=O)Nc3ncccc32)OC1(C)C. The number of anilines is 1. The summed E-state index contributed by atoms with van der Waals surface area (Å²) in [5, 5.41) is 2.85. The molecule has 3 heterocycles. The first-order valence-electron chi connectivity index (χ1n) is 6.76. The first-order valence-corrected chi connectivity index (χ1v) is 7.84. The predicted octanol–water partition coefficient (Wildman–Crippen LogP) is 1.23. The number of nitrogens with one attached hydrogen (secondary N) is 1. The van der Waals surface area contributed by atoms with E-state index in [1.165, 1.54) is 0 Å². The smallest absolute Gasteiger partial charge is 0.403 e. The minimum atomic E-state index is -2.39. The molecule has 0 aromatic carbocycles. The van der Waals surface area contributed by atoms with E-state index in [2.05, 4.69) is 10.3 Å². The molecule has 0 bridgehead atoms. The van der Waals surface area contributed by atoms with E-state index in [-0.39, 0.29) is 4.99 Å². The highest BCUT2D eigenvalue weighted by atomic mass is 32.2. The van der Waals surface area contributed by atoms with E-state index in [1.807, 2.05) is 33.8 Å².